The lowest BCUT2D eigenvalue weighted by Crippen LogP contribution is -2.32. The molecule has 1 aliphatic carbocycles. The van der Waals surface area contributed by atoms with Crippen molar-refractivity contribution in [3.8, 4) is 5.75 Å². The van der Waals surface area contributed by atoms with Gasteiger partial charge in [0.15, 0.2) is 0 Å². The predicted molar refractivity (Wildman–Crippen MR) is 96.9 cm³/mol. The lowest BCUT2D eigenvalue weighted by molar-refractivity contribution is 0.0937. The fourth-order valence-electron chi connectivity index (χ4n) is 3.09. The fourth-order valence-corrected chi connectivity index (χ4v) is 3.09. The maximum Gasteiger partial charge on any atom is 0.254 e. The van der Waals surface area contributed by atoms with Crippen LogP contribution in [0.3, 0.4) is 0 Å². The van der Waals surface area contributed by atoms with E-state index in [4.69, 9.17) is 4.74 Å². The van der Waals surface area contributed by atoms with Crippen LogP contribution in [0.1, 0.15) is 41.6 Å². The van der Waals surface area contributed by atoms with E-state index in [0.29, 0.717) is 24.1 Å². The number of benzene rings is 1. The molecule has 0 bridgehead atoms. The topological polar surface area (TPSA) is 76.1 Å². The molecule has 0 unspecified atom stereocenters. The van der Waals surface area contributed by atoms with Crippen molar-refractivity contribution in [3.63, 3.8) is 0 Å². The van der Waals surface area contributed by atoms with Gasteiger partial charge in [-0.2, -0.15) is 0 Å². The van der Waals surface area contributed by atoms with E-state index >= 15 is 0 Å². The second kappa shape index (κ2) is 8.46. The minimum absolute atomic E-state index is 0.0903. The van der Waals surface area contributed by atoms with Gasteiger partial charge in [-0.3, -0.25) is 4.79 Å². The van der Waals surface area contributed by atoms with Gasteiger partial charge in [0.2, 0.25) is 5.95 Å². The first-order chi connectivity index (χ1) is 12.3. The van der Waals surface area contributed by atoms with Gasteiger partial charge in [-0.15, -0.1) is 0 Å². The number of carbonyl (C=O) groups is 1. The summed E-state index contributed by atoms with van der Waals surface area (Å²) in [7, 11) is 1.67. The first kappa shape index (κ1) is 17.2. The van der Waals surface area contributed by atoms with Crippen LogP contribution in [-0.4, -0.2) is 35.6 Å². The van der Waals surface area contributed by atoms with Gasteiger partial charge in [0.05, 0.1) is 12.7 Å². The van der Waals surface area contributed by atoms with E-state index in [2.05, 4.69) is 20.6 Å². The Balaban J connectivity index is 1.49. The van der Waals surface area contributed by atoms with Crippen molar-refractivity contribution in [2.24, 2.45) is 0 Å². The number of para-hydroxylation sites is 1. The Morgan fingerprint density at radius 2 is 1.92 bits per heavy atom. The quantitative estimate of drug-likeness (QED) is 0.810. The highest BCUT2D eigenvalue weighted by atomic mass is 16.5. The van der Waals surface area contributed by atoms with Crippen LogP contribution in [0, 0.1) is 0 Å². The molecule has 0 saturated heterocycles. The molecule has 3 rings (SSSR count). The molecule has 132 valence electrons. The smallest absolute Gasteiger partial charge is 0.254 e. The number of hydrogen-bond acceptors (Lipinski definition) is 5. The molecule has 2 aromatic rings. The molecule has 6 nitrogen and oxygen atoms in total. The SMILES string of the molecule is COc1ccccc1CCNc1ncc(C(=O)NC2CCCC2)cn1. The number of hydrogen-bond donors (Lipinski definition) is 2. The number of methoxy groups -OCH3 is 1. The van der Waals surface area contributed by atoms with Crippen LogP contribution in [0.5, 0.6) is 5.75 Å². The summed E-state index contributed by atoms with van der Waals surface area (Å²) >= 11 is 0. The van der Waals surface area contributed by atoms with Crippen LogP contribution < -0.4 is 15.4 Å². The molecule has 0 spiro atoms. The molecule has 1 heterocycles. The van der Waals surface area contributed by atoms with Crippen molar-refractivity contribution in [2.75, 3.05) is 19.0 Å². The van der Waals surface area contributed by atoms with Crippen LogP contribution in [0.25, 0.3) is 0 Å². The average molecular weight is 340 g/mol. The van der Waals surface area contributed by atoms with Crippen molar-refractivity contribution < 1.29 is 9.53 Å². The first-order valence-corrected chi connectivity index (χ1v) is 8.75. The molecule has 1 amide bonds. The summed E-state index contributed by atoms with van der Waals surface area (Å²) < 4.78 is 5.34. The van der Waals surface area contributed by atoms with E-state index in [9.17, 15) is 4.79 Å². The molecule has 0 radical (unpaired) electrons. The van der Waals surface area contributed by atoms with Gasteiger partial charge in [-0.05, 0) is 30.9 Å². The molecule has 1 fully saturated rings. The summed E-state index contributed by atoms with van der Waals surface area (Å²) in [6, 6.07) is 8.23. The van der Waals surface area contributed by atoms with E-state index < -0.39 is 0 Å². The number of amides is 1. The summed E-state index contributed by atoms with van der Waals surface area (Å²) in [4.78, 5) is 20.6. The molecule has 2 N–H and O–H groups in total. The molecular weight excluding hydrogens is 316 g/mol. The number of ether oxygens (including phenoxy) is 1. The van der Waals surface area contributed by atoms with Gasteiger partial charge in [0.1, 0.15) is 5.75 Å². The first-order valence-electron chi connectivity index (χ1n) is 8.75. The third-order valence-corrected chi connectivity index (χ3v) is 4.47. The van der Waals surface area contributed by atoms with Crippen LogP contribution in [0.2, 0.25) is 0 Å². The largest absolute Gasteiger partial charge is 0.496 e. The Labute approximate surface area is 148 Å². The molecule has 1 aliphatic rings. The number of aromatic nitrogens is 2. The number of anilines is 1. The molecule has 0 aliphatic heterocycles. The summed E-state index contributed by atoms with van der Waals surface area (Å²) in [5, 5.41) is 6.21. The predicted octanol–water partition coefficient (Wildman–Crippen LogP) is 2.81. The van der Waals surface area contributed by atoms with Gasteiger partial charge < -0.3 is 15.4 Å². The highest BCUT2D eigenvalue weighted by molar-refractivity contribution is 5.93. The Morgan fingerprint density at radius 1 is 1.20 bits per heavy atom. The zero-order valence-corrected chi connectivity index (χ0v) is 14.5. The van der Waals surface area contributed by atoms with Gasteiger partial charge >= 0.3 is 0 Å². The van der Waals surface area contributed by atoms with E-state index in [1.165, 1.54) is 12.8 Å². The van der Waals surface area contributed by atoms with Gasteiger partial charge in [-0.25, -0.2) is 9.97 Å². The molecule has 0 atom stereocenters. The Kier molecular flexibility index (Phi) is 5.82. The minimum atomic E-state index is -0.0903. The highest BCUT2D eigenvalue weighted by Gasteiger charge is 2.18. The molecule has 25 heavy (non-hydrogen) atoms. The molecule has 6 heteroatoms. The molecule has 1 saturated carbocycles. The molecule has 1 aromatic heterocycles. The Bertz CT molecular complexity index is 697. The van der Waals surface area contributed by atoms with Gasteiger partial charge in [-0.1, -0.05) is 31.0 Å². The highest BCUT2D eigenvalue weighted by Crippen LogP contribution is 2.18. The third-order valence-electron chi connectivity index (χ3n) is 4.47. The van der Waals surface area contributed by atoms with Crippen molar-refractivity contribution in [1.82, 2.24) is 15.3 Å². The van der Waals surface area contributed by atoms with E-state index in [1.54, 1.807) is 19.5 Å². The maximum atomic E-state index is 12.2. The minimum Gasteiger partial charge on any atom is -0.496 e. The summed E-state index contributed by atoms with van der Waals surface area (Å²) in [6.45, 7) is 0.688. The Morgan fingerprint density at radius 3 is 2.64 bits per heavy atom. The van der Waals surface area contributed by atoms with Crippen molar-refractivity contribution in [2.45, 2.75) is 38.1 Å². The Hall–Kier alpha value is -2.63. The second-order valence-electron chi connectivity index (χ2n) is 6.24. The molecule has 1 aromatic carbocycles. The second-order valence-corrected chi connectivity index (χ2v) is 6.24. The lowest BCUT2D eigenvalue weighted by atomic mass is 10.1. The van der Waals surface area contributed by atoms with E-state index in [1.807, 2.05) is 24.3 Å². The van der Waals surface area contributed by atoms with Crippen molar-refractivity contribution in [3.05, 3.63) is 47.8 Å². The van der Waals surface area contributed by atoms with Crippen LogP contribution >= 0.6 is 0 Å². The van der Waals surface area contributed by atoms with Gasteiger partial charge in [0, 0.05) is 25.0 Å². The number of rotatable bonds is 7. The van der Waals surface area contributed by atoms with E-state index in [-0.39, 0.29) is 5.91 Å². The lowest BCUT2D eigenvalue weighted by Gasteiger charge is -2.12. The van der Waals surface area contributed by atoms with Gasteiger partial charge in [0.25, 0.3) is 5.91 Å². The summed E-state index contributed by atoms with van der Waals surface area (Å²) in [5.41, 5.74) is 1.63. The number of nitrogens with one attached hydrogen (secondary N) is 2. The fraction of sp³-hybridized carbons (Fsp3) is 0.421. The standard InChI is InChI=1S/C19H24N4O2/c1-25-17-9-5-2-6-14(17)10-11-20-19-21-12-15(13-22-19)18(24)23-16-7-3-4-8-16/h2,5-6,9,12-13,16H,3-4,7-8,10-11H2,1H3,(H,23,24)(H,20,21,22). The summed E-state index contributed by atoms with van der Waals surface area (Å²) in [6.07, 6.45) is 8.46. The normalized spacial score (nSPS) is 14.3. The third kappa shape index (κ3) is 4.68. The van der Waals surface area contributed by atoms with Crippen LogP contribution in [-0.2, 0) is 6.42 Å². The zero-order chi connectivity index (χ0) is 17.5. The average Bonchev–Trinajstić information content (AvgIpc) is 3.15. The van der Waals surface area contributed by atoms with Crippen molar-refractivity contribution >= 4 is 11.9 Å². The summed E-state index contributed by atoms with van der Waals surface area (Å²) in [5.74, 6) is 1.31. The monoisotopic (exact) mass is 340 g/mol. The van der Waals surface area contributed by atoms with Crippen LogP contribution in [0.15, 0.2) is 36.7 Å². The van der Waals surface area contributed by atoms with Crippen molar-refractivity contribution in [1.29, 1.82) is 0 Å². The zero-order valence-electron chi connectivity index (χ0n) is 14.5. The van der Waals surface area contributed by atoms with E-state index in [0.717, 1.165) is 30.6 Å². The number of carbonyl (C=O) groups excluding carboxylic acids is 1. The van der Waals surface area contributed by atoms with Crippen LogP contribution in [0.4, 0.5) is 5.95 Å². The molecular formula is C19H24N4O2. The maximum absolute atomic E-state index is 12.2. The number of nitrogens with zero attached hydrogens (tertiary/aromatic N) is 2.